The summed E-state index contributed by atoms with van der Waals surface area (Å²) >= 11 is 0. The van der Waals surface area contributed by atoms with Crippen LogP contribution in [0, 0.1) is 11.8 Å². The lowest BCUT2D eigenvalue weighted by Gasteiger charge is -2.32. The Labute approximate surface area is 106 Å². The first-order chi connectivity index (χ1) is 8.38. The summed E-state index contributed by atoms with van der Waals surface area (Å²) in [4.78, 5) is 2.83. The molecule has 3 fully saturated rings. The average Bonchev–Trinajstić information content (AvgIpc) is 2.88. The van der Waals surface area contributed by atoms with E-state index in [0.29, 0.717) is 0 Å². The van der Waals surface area contributed by atoms with Crippen molar-refractivity contribution in [1.29, 1.82) is 0 Å². The fraction of sp³-hybridized carbons (Fsp3) is 1.00. The Morgan fingerprint density at radius 2 is 1.82 bits per heavy atom. The lowest BCUT2D eigenvalue weighted by molar-refractivity contribution is 0.169. The van der Waals surface area contributed by atoms with E-state index < -0.39 is 0 Å². The molecule has 2 unspecified atom stereocenters. The number of nitrogens with one attached hydrogen (secondary N) is 1. The van der Waals surface area contributed by atoms with Gasteiger partial charge in [-0.2, -0.15) is 0 Å². The zero-order chi connectivity index (χ0) is 11.7. The van der Waals surface area contributed by atoms with Crippen molar-refractivity contribution in [2.45, 2.75) is 63.5 Å². The molecule has 2 aliphatic carbocycles. The molecular formula is C15H28N2. The second kappa shape index (κ2) is 5.27. The largest absolute Gasteiger partial charge is 0.315 e. The fourth-order valence-electron chi connectivity index (χ4n) is 4.18. The third-order valence-corrected chi connectivity index (χ3v) is 5.35. The van der Waals surface area contributed by atoms with Crippen LogP contribution in [0.1, 0.15) is 51.4 Å². The molecule has 0 radical (unpaired) electrons. The van der Waals surface area contributed by atoms with E-state index in [1.54, 1.807) is 0 Å². The quantitative estimate of drug-likeness (QED) is 0.789. The number of likely N-dealkylation sites (tertiary alicyclic amines) is 1. The number of hydrogen-bond donors (Lipinski definition) is 1. The summed E-state index contributed by atoms with van der Waals surface area (Å²) in [5.74, 6) is 2.03. The Kier molecular flexibility index (Phi) is 3.72. The van der Waals surface area contributed by atoms with Crippen LogP contribution >= 0.6 is 0 Å². The highest BCUT2D eigenvalue weighted by Crippen LogP contribution is 2.37. The monoisotopic (exact) mass is 236 g/mol. The Morgan fingerprint density at radius 3 is 2.47 bits per heavy atom. The van der Waals surface area contributed by atoms with E-state index in [-0.39, 0.29) is 0 Å². The number of likely N-dealkylation sites (N-methyl/N-ethyl adjacent to an activating group) is 1. The first-order valence-electron chi connectivity index (χ1n) is 7.80. The van der Waals surface area contributed by atoms with Gasteiger partial charge in [-0.05, 0) is 64.0 Å². The molecule has 0 bridgehead atoms. The van der Waals surface area contributed by atoms with Crippen molar-refractivity contribution in [2.75, 3.05) is 20.1 Å². The van der Waals surface area contributed by atoms with Crippen molar-refractivity contribution in [1.82, 2.24) is 10.2 Å². The second-order valence-corrected chi connectivity index (χ2v) is 6.48. The topological polar surface area (TPSA) is 15.3 Å². The predicted octanol–water partition coefficient (Wildman–Crippen LogP) is 2.64. The first kappa shape index (κ1) is 12.0. The zero-order valence-corrected chi connectivity index (χ0v) is 11.3. The smallest absolute Gasteiger partial charge is 0.0220 e. The molecule has 2 atom stereocenters. The van der Waals surface area contributed by atoms with E-state index in [0.717, 1.165) is 23.9 Å². The van der Waals surface area contributed by atoms with E-state index in [2.05, 4.69) is 17.3 Å². The maximum Gasteiger partial charge on any atom is 0.0220 e. The first-order valence-corrected chi connectivity index (χ1v) is 7.80. The van der Waals surface area contributed by atoms with Crippen LogP contribution < -0.4 is 5.32 Å². The molecule has 98 valence electrons. The summed E-state index contributed by atoms with van der Waals surface area (Å²) in [7, 11) is 2.16. The summed E-state index contributed by atoms with van der Waals surface area (Å²) in [6, 6.07) is 1.71. The lowest BCUT2D eigenvalue weighted by atomic mass is 9.95. The molecule has 3 rings (SSSR count). The second-order valence-electron chi connectivity index (χ2n) is 6.48. The normalized spacial score (nSPS) is 33.4. The highest BCUT2D eigenvalue weighted by molar-refractivity contribution is 4.93. The maximum atomic E-state index is 3.56. The molecule has 0 aromatic rings. The number of hydrogen-bond acceptors (Lipinski definition) is 2. The van der Waals surface area contributed by atoms with Crippen molar-refractivity contribution in [2.24, 2.45) is 11.8 Å². The Morgan fingerprint density at radius 1 is 1.06 bits per heavy atom. The van der Waals surface area contributed by atoms with Gasteiger partial charge in [-0.3, -0.25) is 4.90 Å². The average molecular weight is 236 g/mol. The van der Waals surface area contributed by atoms with Crippen LogP contribution in [0.25, 0.3) is 0 Å². The van der Waals surface area contributed by atoms with Crippen molar-refractivity contribution < 1.29 is 0 Å². The van der Waals surface area contributed by atoms with Gasteiger partial charge in [-0.1, -0.05) is 12.8 Å². The predicted molar refractivity (Wildman–Crippen MR) is 72.1 cm³/mol. The molecule has 2 heteroatoms. The van der Waals surface area contributed by atoms with Gasteiger partial charge in [-0.25, -0.2) is 0 Å². The molecule has 2 saturated carbocycles. The zero-order valence-electron chi connectivity index (χ0n) is 11.3. The third-order valence-electron chi connectivity index (χ3n) is 5.35. The van der Waals surface area contributed by atoms with E-state index >= 15 is 0 Å². The SMILES string of the molecule is CNC(CN1CCCC1C1CCCC1)C1CC1. The van der Waals surface area contributed by atoms with Gasteiger partial charge in [0.2, 0.25) is 0 Å². The van der Waals surface area contributed by atoms with E-state index in [4.69, 9.17) is 0 Å². The molecule has 0 aromatic heterocycles. The summed E-state index contributed by atoms with van der Waals surface area (Å²) < 4.78 is 0. The molecule has 0 aromatic carbocycles. The summed E-state index contributed by atoms with van der Waals surface area (Å²) in [6.45, 7) is 2.69. The van der Waals surface area contributed by atoms with Gasteiger partial charge in [0, 0.05) is 18.6 Å². The van der Waals surface area contributed by atoms with Crippen LogP contribution in [0.3, 0.4) is 0 Å². The molecule has 3 aliphatic rings. The van der Waals surface area contributed by atoms with Crippen LogP contribution in [-0.2, 0) is 0 Å². The van der Waals surface area contributed by atoms with Crippen LogP contribution in [0.2, 0.25) is 0 Å². The minimum Gasteiger partial charge on any atom is -0.315 e. The molecule has 17 heavy (non-hydrogen) atoms. The van der Waals surface area contributed by atoms with Crippen molar-refractivity contribution >= 4 is 0 Å². The molecule has 1 saturated heterocycles. The van der Waals surface area contributed by atoms with Crippen molar-refractivity contribution in [3.05, 3.63) is 0 Å². The third kappa shape index (κ3) is 2.68. The van der Waals surface area contributed by atoms with Crippen molar-refractivity contribution in [3.63, 3.8) is 0 Å². The molecular weight excluding hydrogens is 208 g/mol. The lowest BCUT2D eigenvalue weighted by Crippen LogP contribution is -2.44. The Hall–Kier alpha value is -0.0800. The van der Waals surface area contributed by atoms with Gasteiger partial charge < -0.3 is 5.32 Å². The molecule has 0 amide bonds. The van der Waals surface area contributed by atoms with Gasteiger partial charge in [-0.15, -0.1) is 0 Å². The minimum absolute atomic E-state index is 0.775. The van der Waals surface area contributed by atoms with Crippen LogP contribution in [0.15, 0.2) is 0 Å². The maximum absolute atomic E-state index is 3.56. The van der Waals surface area contributed by atoms with Crippen LogP contribution in [-0.4, -0.2) is 37.1 Å². The highest BCUT2D eigenvalue weighted by atomic mass is 15.2. The molecule has 1 aliphatic heterocycles. The van der Waals surface area contributed by atoms with Crippen LogP contribution in [0.5, 0.6) is 0 Å². The molecule has 1 heterocycles. The van der Waals surface area contributed by atoms with Crippen molar-refractivity contribution in [3.8, 4) is 0 Å². The Bertz CT molecular complexity index is 243. The summed E-state index contributed by atoms with van der Waals surface area (Å²) in [5, 5.41) is 3.56. The number of rotatable bonds is 5. The molecule has 1 N–H and O–H groups in total. The molecule has 2 nitrogen and oxygen atoms in total. The van der Waals surface area contributed by atoms with Gasteiger partial charge in [0.1, 0.15) is 0 Å². The number of nitrogens with zero attached hydrogens (tertiary/aromatic N) is 1. The minimum atomic E-state index is 0.775. The van der Waals surface area contributed by atoms with Gasteiger partial charge in [0.15, 0.2) is 0 Å². The standard InChI is InChI=1S/C15H28N2/c1-16-14(12-8-9-12)11-17-10-4-7-15(17)13-5-2-3-6-13/h12-16H,2-11H2,1H3. The fourth-order valence-corrected chi connectivity index (χ4v) is 4.18. The van der Waals surface area contributed by atoms with E-state index in [1.807, 2.05) is 0 Å². The summed E-state index contributed by atoms with van der Waals surface area (Å²) in [6.07, 6.45) is 11.9. The Balaban J connectivity index is 1.56. The summed E-state index contributed by atoms with van der Waals surface area (Å²) in [5.41, 5.74) is 0. The highest BCUT2D eigenvalue weighted by Gasteiger charge is 2.37. The molecule has 0 spiro atoms. The van der Waals surface area contributed by atoms with E-state index in [9.17, 15) is 0 Å². The van der Waals surface area contributed by atoms with Gasteiger partial charge in [0.05, 0.1) is 0 Å². The van der Waals surface area contributed by atoms with Crippen LogP contribution in [0.4, 0.5) is 0 Å². The van der Waals surface area contributed by atoms with Gasteiger partial charge in [0.25, 0.3) is 0 Å². The van der Waals surface area contributed by atoms with E-state index in [1.165, 1.54) is 64.5 Å². The van der Waals surface area contributed by atoms with Gasteiger partial charge >= 0.3 is 0 Å².